The number of hydrogen-bond acceptors (Lipinski definition) is 2. The Labute approximate surface area is 96.3 Å². The summed E-state index contributed by atoms with van der Waals surface area (Å²) in [5.74, 6) is 0. The van der Waals surface area contributed by atoms with Crippen molar-refractivity contribution in [1.82, 2.24) is 5.32 Å². The van der Waals surface area contributed by atoms with Gasteiger partial charge in [-0.2, -0.15) is 0 Å². The molecular formula is C12H18ClNO. The number of benzene rings is 1. The van der Waals surface area contributed by atoms with Crippen LogP contribution in [-0.4, -0.2) is 17.3 Å². The molecule has 0 saturated heterocycles. The van der Waals surface area contributed by atoms with Gasteiger partial charge in [0, 0.05) is 17.1 Å². The molecule has 1 aromatic carbocycles. The van der Waals surface area contributed by atoms with Gasteiger partial charge in [-0.05, 0) is 38.0 Å². The molecule has 2 nitrogen and oxygen atoms in total. The molecule has 1 aromatic rings. The third kappa shape index (κ3) is 3.82. The Morgan fingerprint density at radius 1 is 1.40 bits per heavy atom. The van der Waals surface area contributed by atoms with Crippen LogP contribution in [0, 0.1) is 6.92 Å². The second-order valence-corrected chi connectivity index (χ2v) is 4.89. The molecule has 0 heterocycles. The molecular weight excluding hydrogens is 210 g/mol. The van der Waals surface area contributed by atoms with Crippen molar-refractivity contribution < 1.29 is 5.11 Å². The van der Waals surface area contributed by atoms with Crippen molar-refractivity contribution in [3.05, 3.63) is 34.3 Å². The first kappa shape index (κ1) is 12.5. The van der Waals surface area contributed by atoms with Gasteiger partial charge in [0.25, 0.3) is 0 Å². The van der Waals surface area contributed by atoms with Gasteiger partial charge in [-0.3, -0.25) is 0 Å². The molecule has 3 heteroatoms. The smallest absolute Gasteiger partial charge is 0.0607 e. The van der Waals surface area contributed by atoms with E-state index in [0.29, 0.717) is 0 Å². The van der Waals surface area contributed by atoms with Crippen molar-refractivity contribution in [1.29, 1.82) is 0 Å². The fraction of sp³-hybridized carbons (Fsp3) is 0.500. The second-order valence-electron chi connectivity index (χ2n) is 4.48. The highest BCUT2D eigenvalue weighted by molar-refractivity contribution is 6.31. The molecule has 0 fully saturated rings. The Bertz CT molecular complexity index is 336. The van der Waals surface area contributed by atoms with E-state index in [1.165, 1.54) is 5.56 Å². The average molecular weight is 228 g/mol. The Hall–Kier alpha value is -0.570. The fourth-order valence-electron chi connectivity index (χ4n) is 1.21. The standard InChI is InChI=1S/C12H18ClNO/c1-9-6-10(4-5-11(9)13)7-14-12(2,3)8-15/h4-6,14-15H,7-8H2,1-3H3. The van der Waals surface area contributed by atoms with Crippen molar-refractivity contribution in [2.24, 2.45) is 0 Å². The fourth-order valence-corrected chi connectivity index (χ4v) is 1.33. The summed E-state index contributed by atoms with van der Waals surface area (Å²) >= 11 is 5.94. The predicted molar refractivity (Wildman–Crippen MR) is 64.2 cm³/mol. The molecule has 0 amide bonds. The minimum Gasteiger partial charge on any atom is -0.394 e. The van der Waals surface area contributed by atoms with Crippen LogP contribution >= 0.6 is 11.6 Å². The Balaban J connectivity index is 2.62. The van der Waals surface area contributed by atoms with Crippen LogP contribution in [0.3, 0.4) is 0 Å². The van der Waals surface area contributed by atoms with E-state index in [9.17, 15) is 0 Å². The van der Waals surface area contributed by atoms with E-state index in [4.69, 9.17) is 16.7 Å². The van der Waals surface area contributed by atoms with Crippen molar-refractivity contribution >= 4 is 11.6 Å². The number of hydrogen-bond donors (Lipinski definition) is 2. The van der Waals surface area contributed by atoms with Crippen molar-refractivity contribution in [3.8, 4) is 0 Å². The topological polar surface area (TPSA) is 32.3 Å². The molecule has 84 valence electrons. The number of halogens is 1. The summed E-state index contributed by atoms with van der Waals surface area (Å²) in [6, 6.07) is 5.96. The Kier molecular flexibility index (Phi) is 4.14. The lowest BCUT2D eigenvalue weighted by Crippen LogP contribution is -2.42. The predicted octanol–water partition coefficient (Wildman–Crippen LogP) is 2.51. The zero-order valence-corrected chi connectivity index (χ0v) is 10.2. The Morgan fingerprint density at radius 3 is 2.60 bits per heavy atom. The molecule has 15 heavy (non-hydrogen) atoms. The summed E-state index contributed by atoms with van der Waals surface area (Å²) in [5.41, 5.74) is 2.02. The molecule has 0 aliphatic heterocycles. The summed E-state index contributed by atoms with van der Waals surface area (Å²) < 4.78 is 0. The maximum atomic E-state index is 9.09. The van der Waals surface area contributed by atoms with Gasteiger partial charge >= 0.3 is 0 Å². The van der Waals surface area contributed by atoms with Gasteiger partial charge < -0.3 is 10.4 Å². The Morgan fingerprint density at radius 2 is 2.07 bits per heavy atom. The lowest BCUT2D eigenvalue weighted by Gasteiger charge is -2.23. The summed E-state index contributed by atoms with van der Waals surface area (Å²) in [4.78, 5) is 0. The van der Waals surface area contributed by atoms with Gasteiger partial charge in [-0.25, -0.2) is 0 Å². The average Bonchev–Trinajstić information content (AvgIpc) is 2.20. The van der Waals surface area contributed by atoms with Gasteiger partial charge in [0.15, 0.2) is 0 Å². The number of rotatable bonds is 4. The van der Waals surface area contributed by atoms with Gasteiger partial charge in [0.2, 0.25) is 0 Å². The number of aliphatic hydroxyl groups excluding tert-OH is 1. The molecule has 0 aliphatic rings. The van der Waals surface area contributed by atoms with Gasteiger partial charge in [0.05, 0.1) is 6.61 Å². The number of nitrogens with one attached hydrogen (secondary N) is 1. The molecule has 0 spiro atoms. The highest BCUT2D eigenvalue weighted by Crippen LogP contribution is 2.16. The summed E-state index contributed by atoms with van der Waals surface area (Å²) in [6.45, 7) is 6.79. The SMILES string of the molecule is Cc1cc(CNC(C)(C)CO)ccc1Cl. The maximum absolute atomic E-state index is 9.09. The maximum Gasteiger partial charge on any atom is 0.0607 e. The van der Waals surface area contributed by atoms with Crippen LogP contribution in [0.5, 0.6) is 0 Å². The molecule has 1 rings (SSSR count). The first-order valence-electron chi connectivity index (χ1n) is 5.05. The van der Waals surface area contributed by atoms with E-state index >= 15 is 0 Å². The second kappa shape index (κ2) is 4.97. The van der Waals surface area contributed by atoms with Gasteiger partial charge in [-0.1, -0.05) is 23.7 Å². The van der Waals surface area contributed by atoms with Crippen LogP contribution < -0.4 is 5.32 Å². The monoisotopic (exact) mass is 227 g/mol. The first-order valence-corrected chi connectivity index (χ1v) is 5.43. The third-order valence-corrected chi connectivity index (χ3v) is 2.81. The first-order chi connectivity index (χ1) is 6.94. The molecule has 0 radical (unpaired) electrons. The van der Waals surface area contributed by atoms with Crippen LogP contribution in [0.4, 0.5) is 0 Å². The number of aliphatic hydroxyl groups is 1. The minimum atomic E-state index is -0.243. The van der Waals surface area contributed by atoms with E-state index < -0.39 is 0 Å². The van der Waals surface area contributed by atoms with E-state index in [-0.39, 0.29) is 12.1 Å². The largest absolute Gasteiger partial charge is 0.394 e. The molecule has 0 aromatic heterocycles. The molecule has 0 atom stereocenters. The van der Waals surface area contributed by atoms with E-state index in [1.807, 2.05) is 32.9 Å². The lowest BCUT2D eigenvalue weighted by atomic mass is 10.1. The van der Waals surface area contributed by atoms with Crippen molar-refractivity contribution in [3.63, 3.8) is 0 Å². The van der Waals surface area contributed by atoms with E-state index in [0.717, 1.165) is 17.1 Å². The van der Waals surface area contributed by atoms with Crippen LogP contribution in [0.2, 0.25) is 5.02 Å². The molecule has 0 bridgehead atoms. The zero-order chi connectivity index (χ0) is 11.5. The van der Waals surface area contributed by atoms with Crippen molar-refractivity contribution in [2.45, 2.75) is 32.9 Å². The molecule has 0 saturated carbocycles. The van der Waals surface area contributed by atoms with E-state index in [2.05, 4.69) is 11.4 Å². The quantitative estimate of drug-likeness (QED) is 0.829. The summed E-state index contributed by atoms with van der Waals surface area (Å²) in [5, 5.41) is 13.2. The molecule has 0 aliphatic carbocycles. The lowest BCUT2D eigenvalue weighted by molar-refractivity contribution is 0.187. The van der Waals surface area contributed by atoms with Gasteiger partial charge in [0.1, 0.15) is 0 Å². The van der Waals surface area contributed by atoms with Crippen LogP contribution in [0.15, 0.2) is 18.2 Å². The summed E-state index contributed by atoms with van der Waals surface area (Å²) in [6.07, 6.45) is 0. The summed E-state index contributed by atoms with van der Waals surface area (Å²) in [7, 11) is 0. The van der Waals surface area contributed by atoms with Gasteiger partial charge in [-0.15, -0.1) is 0 Å². The van der Waals surface area contributed by atoms with Crippen LogP contribution in [-0.2, 0) is 6.54 Å². The zero-order valence-electron chi connectivity index (χ0n) is 9.47. The van der Waals surface area contributed by atoms with Crippen LogP contribution in [0.1, 0.15) is 25.0 Å². The van der Waals surface area contributed by atoms with Crippen LogP contribution in [0.25, 0.3) is 0 Å². The molecule has 2 N–H and O–H groups in total. The number of aryl methyl sites for hydroxylation is 1. The normalized spacial score (nSPS) is 11.8. The third-order valence-electron chi connectivity index (χ3n) is 2.39. The minimum absolute atomic E-state index is 0.125. The van der Waals surface area contributed by atoms with Crippen molar-refractivity contribution in [2.75, 3.05) is 6.61 Å². The highest BCUT2D eigenvalue weighted by atomic mass is 35.5. The highest BCUT2D eigenvalue weighted by Gasteiger charge is 2.14. The molecule has 0 unspecified atom stereocenters. The van der Waals surface area contributed by atoms with E-state index in [1.54, 1.807) is 0 Å².